The van der Waals surface area contributed by atoms with Crippen molar-refractivity contribution in [3.63, 3.8) is 0 Å². The van der Waals surface area contributed by atoms with Gasteiger partial charge in [0.05, 0.1) is 10.2 Å². The average Bonchev–Trinajstić information content (AvgIpc) is 2.79. The molecule has 0 spiro atoms. The Labute approximate surface area is 120 Å². The number of hydrogen-bond donors (Lipinski definition) is 0. The molecule has 0 radical (unpaired) electrons. The molecule has 1 atom stereocenters. The number of fused-ring (bicyclic) bond motifs is 1. The Morgan fingerprint density at radius 2 is 2.06 bits per heavy atom. The van der Waals surface area contributed by atoms with E-state index in [9.17, 15) is 0 Å². The van der Waals surface area contributed by atoms with Gasteiger partial charge in [0, 0.05) is 5.92 Å². The van der Waals surface area contributed by atoms with Crippen molar-refractivity contribution in [3.8, 4) is 0 Å². The van der Waals surface area contributed by atoms with Crippen molar-refractivity contribution in [1.82, 2.24) is 9.97 Å². The maximum absolute atomic E-state index is 6.13. The van der Waals surface area contributed by atoms with Crippen LogP contribution >= 0.6 is 27.5 Å². The summed E-state index contributed by atoms with van der Waals surface area (Å²) in [4.78, 5) is 8.99. The van der Waals surface area contributed by atoms with Crippen LogP contribution in [0.1, 0.15) is 35.0 Å². The molecule has 0 saturated heterocycles. The largest absolute Gasteiger partial charge is 0.236 e. The van der Waals surface area contributed by atoms with Crippen molar-refractivity contribution in [3.05, 3.63) is 56.5 Å². The van der Waals surface area contributed by atoms with Gasteiger partial charge in [-0.3, -0.25) is 0 Å². The number of benzene rings is 1. The lowest BCUT2D eigenvalue weighted by Crippen LogP contribution is -2.05. The third kappa shape index (κ3) is 1.95. The summed E-state index contributed by atoms with van der Waals surface area (Å²) < 4.78 is 0.791. The highest BCUT2D eigenvalue weighted by Crippen LogP contribution is 2.37. The number of halogens is 2. The summed E-state index contributed by atoms with van der Waals surface area (Å²) in [6.07, 6.45) is 2.16. The van der Waals surface area contributed by atoms with Crippen molar-refractivity contribution < 1.29 is 0 Å². The maximum atomic E-state index is 6.13. The van der Waals surface area contributed by atoms with Gasteiger partial charge in [-0.15, -0.1) is 0 Å². The first-order chi connectivity index (χ1) is 8.66. The SMILES string of the molecule is Cc1nc(C2CCc3ccccc32)nc(Cl)c1Br. The van der Waals surface area contributed by atoms with Gasteiger partial charge in [-0.25, -0.2) is 9.97 Å². The Morgan fingerprint density at radius 3 is 2.83 bits per heavy atom. The molecule has 0 amide bonds. The van der Waals surface area contributed by atoms with Crippen LogP contribution in [0.25, 0.3) is 0 Å². The van der Waals surface area contributed by atoms with Crippen LogP contribution in [0.4, 0.5) is 0 Å². The molecule has 2 aromatic rings. The van der Waals surface area contributed by atoms with Gasteiger partial charge in [0.15, 0.2) is 0 Å². The Balaban J connectivity index is 2.08. The zero-order valence-electron chi connectivity index (χ0n) is 9.95. The minimum atomic E-state index is 0.283. The zero-order valence-corrected chi connectivity index (χ0v) is 12.3. The second-order valence-corrected chi connectivity index (χ2v) is 5.71. The Hall–Kier alpha value is -0.930. The van der Waals surface area contributed by atoms with Crippen molar-refractivity contribution in [2.24, 2.45) is 0 Å². The van der Waals surface area contributed by atoms with Gasteiger partial charge in [0.2, 0.25) is 0 Å². The Bertz CT molecular complexity index is 589. The Morgan fingerprint density at radius 1 is 1.28 bits per heavy atom. The number of hydrogen-bond acceptors (Lipinski definition) is 2. The molecule has 0 bridgehead atoms. The highest BCUT2D eigenvalue weighted by molar-refractivity contribution is 9.10. The van der Waals surface area contributed by atoms with E-state index in [0.29, 0.717) is 5.15 Å². The van der Waals surface area contributed by atoms with E-state index in [0.717, 1.165) is 28.8 Å². The summed E-state index contributed by atoms with van der Waals surface area (Å²) >= 11 is 9.52. The lowest BCUT2D eigenvalue weighted by atomic mass is 10.0. The zero-order chi connectivity index (χ0) is 12.7. The van der Waals surface area contributed by atoms with Crippen LogP contribution in [0.5, 0.6) is 0 Å². The molecular formula is C14H12BrClN2. The summed E-state index contributed by atoms with van der Waals surface area (Å²) in [5.74, 6) is 1.12. The second kappa shape index (κ2) is 4.63. The maximum Gasteiger partial charge on any atom is 0.147 e. The van der Waals surface area contributed by atoms with Crippen LogP contribution in [-0.2, 0) is 6.42 Å². The highest BCUT2D eigenvalue weighted by atomic mass is 79.9. The number of rotatable bonds is 1. The summed E-state index contributed by atoms with van der Waals surface area (Å²) in [7, 11) is 0. The quantitative estimate of drug-likeness (QED) is 0.732. The fraction of sp³-hybridized carbons (Fsp3) is 0.286. The molecule has 18 heavy (non-hydrogen) atoms. The topological polar surface area (TPSA) is 25.8 Å². The van der Waals surface area contributed by atoms with Crippen LogP contribution in [0, 0.1) is 6.92 Å². The fourth-order valence-electron chi connectivity index (χ4n) is 2.53. The van der Waals surface area contributed by atoms with Crippen LogP contribution in [0.2, 0.25) is 5.15 Å². The molecule has 0 N–H and O–H groups in total. The van der Waals surface area contributed by atoms with Gasteiger partial charge in [-0.2, -0.15) is 0 Å². The molecular weight excluding hydrogens is 312 g/mol. The van der Waals surface area contributed by atoms with Crippen molar-refractivity contribution in [2.45, 2.75) is 25.7 Å². The minimum absolute atomic E-state index is 0.283. The first-order valence-electron chi connectivity index (χ1n) is 5.94. The minimum Gasteiger partial charge on any atom is -0.236 e. The van der Waals surface area contributed by atoms with Crippen LogP contribution in [0.3, 0.4) is 0 Å². The first kappa shape index (κ1) is 12.1. The van der Waals surface area contributed by atoms with E-state index in [1.54, 1.807) is 0 Å². The van der Waals surface area contributed by atoms with Crippen molar-refractivity contribution in [2.75, 3.05) is 0 Å². The molecule has 0 fully saturated rings. The number of aromatic nitrogens is 2. The van der Waals surface area contributed by atoms with E-state index in [1.807, 2.05) is 6.92 Å². The molecule has 1 unspecified atom stereocenters. The van der Waals surface area contributed by atoms with E-state index in [4.69, 9.17) is 11.6 Å². The lowest BCUT2D eigenvalue weighted by Gasteiger charge is -2.12. The van der Waals surface area contributed by atoms with Crippen LogP contribution < -0.4 is 0 Å². The predicted molar refractivity (Wildman–Crippen MR) is 76.1 cm³/mol. The summed E-state index contributed by atoms with van der Waals surface area (Å²) in [5, 5.41) is 0.502. The molecule has 1 aromatic heterocycles. The average molecular weight is 324 g/mol. The molecule has 3 rings (SSSR count). The molecule has 4 heteroatoms. The summed E-state index contributed by atoms with van der Waals surface area (Å²) in [6.45, 7) is 1.95. The molecule has 1 aromatic carbocycles. The molecule has 1 heterocycles. The standard InChI is InChI=1S/C14H12BrClN2/c1-8-12(15)13(16)18-14(17-8)11-7-6-9-4-2-3-5-10(9)11/h2-5,11H,6-7H2,1H3. The van der Waals surface area contributed by atoms with Crippen LogP contribution in [-0.4, -0.2) is 9.97 Å². The van der Waals surface area contributed by atoms with E-state index in [-0.39, 0.29) is 5.92 Å². The van der Waals surface area contributed by atoms with E-state index >= 15 is 0 Å². The molecule has 0 aliphatic heterocycles. The molecule has 2 nitrogen and oxygen atoms in total. The summed E-state index contributed by atoms with van der Waals surface area (Å²) in [5.41, 5.74) is 3.65. The first-order valence-corrected chi connectivity index (χ1v) is 7.11. The van der Waals surface area contributed by atoms with E-state index < -0.39 is 0 Å². The smallest absolute Gasteiger partial charge is 0.147 e. The number of aryl methyl sites for hydroxylation is 2. The fourth-order valence-corrected chi connectivity index (χ4v) is 2.93. The van der Waals surface area contributed by atoms with Gasteiger partial charge in [0.1, 0.15) is 11.0 Å². The molecule has 1 aliphatic rings. The molecule has 0 saturated carbocycles. The third-order valence-electron chi connectivity index (χ3n) is 3.44. The van der Waals surface area contributed by atoms with Gasteiger partial charge in [-0.1, -0.05) is 35.9 Å². The van der Waals surface area contributed by atoms with Gasteiger partial charge in [0.25, 0.3) is 0 Å². The monoisotopic (exact) mass is 322 g/mol. The Kier molecular flexibility index (Phi) is 3.12. The third-order valence-corrected chi connectivity index (χ3v) is 4.89. The molecule has 1 aliphatic carbocycles. The second-order valence-electron chi connectivity index (χ2n) is 4.56. The van der Waals surface area contributed by atoms with Crippen molar-refractivity contribution >= 4 is 27.5 Å². The summed E-state index contributed by atoms with van der Waals surface area (Å²) in [6, 6.07) is 8.51. The van der Waals surface area contributed by atoms with Gasteiger partial charge >= 0.3 is 0 Å². The lowest BCUT2D eigenvalue weighted by molar-refractivity contribution is 0.722. The normalized spacial score (nSPS) is 17.8. The highest BCUT2D eigenvalue weighted by Gasteiger charge is 2.26. The van der Waals surface area contributed by atoms with Gasteiger partial charge in [-0.05, 0) is 46.8 Å². The van der Waals surface area contributed by atoms with Gasteiger partial charge < -0.3 is 0 Å². The van der Waals surface area contributed by atoms with E-state index in [1.165, 1.54) is 11.1 Å². The number of nitrogens with zero attached hydrogens (tertiary/aromatic N) is 2. The van der Waals surface area contributed by atoms with Crippen molar-refractivity contribution in [1.29, 1.82) is 0 Å². The predicted octanol–water partition coefficient (Wildman–Crippen LogP) is 4.28. The van der Waals surface area contributed by atoms with Crippen LogP contribution in [0.15, 0.2) is 28.7 Å². The van der Waals surface area contributed by atoms with E-state index in [2.05, 4.69) is 50.2 Å². The molecule has 92 valence electrons.